The molecule has 3 aliphatic rings. The van der Waals surface area contributed by atoms with Crippen LogP contribution in [0.4, 0.5) is 0 Å². The Morgan fingerprint density at radius 1 is 1.00 bits per heavy atom. The van der Waals surface area contributed by atoms with Crippen LogP contribution in [-0.2, 0) is 4.79 Å². The maximum Gasteiger partial charge on any atom is 0.225 e. The Morgan fingerprint density at radius 3 is 2.29 bits per heavy atom. The molecular formula is C14H24N2O. The second kappa shape index (κ2) is 4.97. The van der Waals surface area contributed by atoms with Crippen molar-refractivity contribution in [2.45, 2.75) is 51.0 Å². The number of amides is 1. The first-order valence-corrected chi connectivity index (χ1v) is 7.37. The summed E-state index contributed by atoms with van der Waals surface area (Å²) in [7, 11) is 0. The molecule has 0 aromatic rings. The third-order valence-electron chi connectivity index (χ3n) is 4.97. The monoisotopic (exact) mass is 236 g/mol. The Kier molecular flexibility index (Phi) is 3.37. The van der Waals surface area contributed by atoms with Crippen molar-refractivity contribution in [2.24, 2.45) is 11.8 Å². The molecule has 2 saturated heterocycles. The van der Waals surface area contributed by atoms with Crippen molar-refractivity contribution in [1.82, 2.24) is 10.2 Å². The molecule has 0 bridgehead atoms. The number of piperidine rings is 1. The van der Waals surface area contributed by atoms with E-state index in [0.29, 0.717) is 11.8 Å². The molecular weight excluding hydrogens is 212 g/mol. The predicted octanol–water partition coefficient (Wildman–Crippen LogP) is 1.78. The summed E-state index contributed by atoms with van der Waals surface area (Å²) in [6.45, 7) is 3.22. The van der Waals surface area contributed by atoms with Gasteiger partial charge in [-0.15, -0.1) is 0 Å². The maximum absolute atomic E-state index is 12.1. The summed E-state index contributed by atoms with van der Waals surface area (Å²) in [5, 5.41) is 3.61. The molecule has 0 aromatic carbocycles. The molecule has 2 aliphatic heterocycles. The van der Waals surface area contributed by atoms with Crippen molar-refractivity contribution in [3.05, 3.63) is 0 Å². The van der Waals surface area contributed by atoms with Crippen LogP contribution in [0.25, 0.3) is 0 Å². The van der Waals surface area contributed by atoms with Gasteiger partial charge in [0.1, 0.15) is 0 Å². The van der Waals surface area contributed by atoms with E-state index >= 15 is 0 Å². The van der Waals surface area contributed by atoms with Crippen molar-refractivity contribution in [2.75, 3.05) is 19.6 Å². The van der Waals surface area contributed by atoms with Crippen LogP contribution >= 0.6 is 0 Å². The summed E-state index contributed by atoms with van der Waals surface area (Å²) in [5.41, 5.74) is 0. The fourth-order valence-corrected chi connectivity index (χ4v) is 3.55. The third-order valence-corrected chi connectivity index (χ3v) is 4.97. The second-order valence-corrected chi connectivity index (χ2v) is 5.99. The minimum atomic E-state index is 0.385. The van der Waals surface area contributed by atoms with E-state index in [2.05, 4.69) is 10.2 Å². The Morgan fingerprint density at radius 2 is 1.76 bits per heavy atom. The quantitative estimate of drug-likeness (QED) is 0.792. The summed E-state index contributed by atoms with van der Waals surface area (Å²) in [4.78, 5) is 14.3. The molecule has 0 aromatic heterocycles. The Balaban J connectivity index is 1.47. The van der Waals surface area contributed by atoms with E-state index in [1.54, 1.807) is 0 Å². The van der Waals surface area contributed by atoms with Crippen molar-refractivity contribution >= 4 is 5.91 Å². The van der Waals surface area contributed by atoms with Crippen LogP contribution in [0.15, 0.2) is 0 Å². The van der Waals surface area contributed by atoms with Gasteiger partial charge < -0.3 is 10.2 Å². The summed E-state index contributed by atoms with van der Waals surface area (Å²) in [6, 6.07) is 0.746. The van der Waals surface area contributed by atoms with Gasteiger partial charge in [0.2, 0.25) is 5.91 Å². The minimum Gasteiger partial charge on any atom is -0.342 e. The molecule has 0 spiro atoms. The topological polar surface area (TPSA) is 32.3 Å². The standard InChI is InChI=1S/C14H24N2O/c17-14(12-3-1-4-12)16-9-6-11(7-10-16)13-5-2-8-15-13/h11-13,15H,1-10H2. The van der Waals surface area contributed by atoms with E-state index in [1.807, 2.05) is 0 Å². The van der Waals surface area contributed by atoms with Gasteiger partial charge in [-0.3, -0.25) is 4.79 Å². The van der Waals surface area contributed by atoms with Crippen LogP contribution in [0.3, 0.4) is 0 Å². The summed E-state index contributed by atoms with van der Waals surface area (Å²) in [5.74, 6) is 1.66. The van der Waals surface area contributed by atoms with E-state index in [9.17, 15) is 4.79 Å². The number of rotatable bonds is 2. The van der Waals surface area contributed by atoms with E-state index in [-0.39, 0.29) is 0 Å². The first-order valence-electron chi connectivity index (χ1n) is 7.37. The van der Waals surface area contributed by atoms with Crippen LogP contribution in [0, 0.1) is 11.8 Å². The molecule has 1 unspecified atom stereocenters. The van der Waals surface area contributed by atoms with Crippen LogP contribution in [-0.4, -0.2) is 36.5 Å². The molecule has 1 saturated carbocycles. The molecule has 3 rings (SSSR count). The molecule has 1 atom stereocenters. The van der Waals surface area contributed by atoms with Gasteiger partial charge in [-0.1, -0.05) is 6.42 Å². The normalized spacial score (nSPS) is 31.5. The number of hydrogen-bond donors (Lipinski definition) is 1. The molecule has 1 aliphatic carbocycles. The largest absolute Gasteiger partial charge is 0.342 e. The minimum absolute atomic E-state index is 0.385. The van der Waals surface area contributed by atoms with Gasteiger partial charge in [0.25, 0.3) is 0 Å². The molecule has 96 valence electrons. The van der Waals surface area contributed by atoms with E-state index in [0.717, 1.165) is 37.9 Å². The SMILES string of the molecule is O=C(C1CCC1)N1CCC(C2CCCN2)CC1. The lowest BCUT2D eigenvalue weighted by Crippen LogP contribution is -2.46. The molecule has 0 radical (unpaired) electrons. The molecule has 3 fully saturated rings. The van der Waals surface area contributed by atoms with Crippen molar-refractivity contribution < 1.29 is 4.79 Å². The highest BCUT2D eigenvalue weighted by atomic mass is 16.2. The number of nitrogens with zero attached hydrogens (tertiary/aromatic N) is 1. The summed E-state index contributed by atoms with van der Waals surface area (Å²) >= 11 is 0. The van der Waals surface area contributed by atoms with Gasteiger partial charge in [0.05, 0.1) is 0 Å². The number of carbonyl (C=O) groups is 1. The Labute approximate surface area is 104 Å². The summed E-state index contributed by atoms with van der Waals surface area (Å²) < 4.78 is 0. The number of hydrogen-bond acceptors (Lipinski definition) is 2. The lowest BCUT2D eigenvalue weighted by Gasteiger charge is -2.38. The molecule has 3 nitrogen and oxygen atoms in total. The lowest BCUT2D eigenvalue weighted by molar-refractivity contribution is -0.139. The van der Waals surface area contributed by atoms with Crippen molar-refractivity contribution in [1.29, 1.82) is 0 Å². The highest BCUT2D eigenvalue weighted by Crippen LogP contribution is 2.31. The highest BCUT2D eigenvalue weighted by molar-refractivity contribution is 5.79. The van der Waals surface area contributed by atoms with Gasteiger partial charge in [-0.25, -0.2) is 0 Å². The van der Waals surface area contributed by atoms with Gasteiger partial charge in [-0.05, 0) is 51.0 Å². The first kappa shape index (κ1) is 11.5. The van der Waals surface area contributed by atoms with E-state index in [4.69, 9.17) is 0 Å². The number of likely N-dealkylation sites (tertiary alicyclic amines) is 1. The smallest absolute Gasteiger partial charge is 0.225 e. The predicted molar refractivity (Wildman–Crippen MR) is 67.7 cm³/mol. The average molecular weight is 236 g/mol. The Hall–Kier alpha value is -0.570. The van der Waals surface area contributed by atoms with Crippen LogP contribution < -0.4 is 5.32 Å². The lowest BCUT2D eigenvalue weighted by atomic mass is 9.83. The zero-order chi connectivity index (χ0) is 11.7. The number of carbonyl (C=O) groups excluding carboxylic acids is 1. The zero-order valence-electron chi connectivity index (χ0n) is 10.7. The van der Waals surface area contributed by atoms with Gasteiger partial charge in [-0.2, -0.15) is 0 Å². The van der Waals surface area contributed by atoms with Crippen LogP contribution in [0.5, 0.6) is 0 Å². The fraction of sp³-hybridized carbons (Fsp3) is 0.929. The number of nitrogens with one attached hydrogen (secondary N) is 1. The van der Waals surface area contributed by atoms with Crippen molar-refractivity contribution in [3.63, 3.8) is 0 Å². The third kappa shape index (κ3) is 2.35. The Bertz CT molecular complexity index is 274. The van der Waals surface area contributed by atoms with Gasteiger partial charge in [0.15, 0.2) is 0 Å². The fourth-order valence-electron chi connectivity index (χ4n) is 3.55. The molecule has 1 N–H and O–H groups in total. The van der Waals surface area contributed by atoms with Gasteiger partial charge >= 0.3 is 0 Å². The zero-order valence-corrected chi connectivity index (χ0v) is 10.7. The second-order valence-electron chi connectivity index (χ2n) is 5.99. The van der Waals surface area contributed by atoms with E-state index < -0.39 is 0 Å². The molecule has 2 heterocycles. The first-order chi connectivity index (χ1) is 8.34. The maximum atomic E-state index is 12.1. The average Bonchev–Trinajstić information content (AvgIpc) is 2.80. The molecule has 3 heteroatoms. The molecule has 17 heavy (non-hydrogen) atoms. The van der Waals surface area contributed by atoms with Crippen molar-refractivity contribution in [3.8, 4) is 0 Å². The molecule has 1 amide bonds. The highest BCUT2D eigenvalue weighted by Gasteiger charge is 2.33. The van der Waals surface area contributed by atoms with E-state index in [1.165, 1.54) is 38.6 Å². The van der Waals surface area contributed by atoms with Gasteiger partial charge in [0, 0.05) is 25.0 Å². The van der Waals surface area contributed by atoms with Crippen LogP contribution in [0.2, 0.25) is 0 Å². The summed E-state index contributed by atoms with van der Waals surface area (Å²) in [6.07, 6.45) is 8.67. The van der Waals surface area contributed by atoms with Crippen LogP contribution in [0.1, 0.15) is 44.9 Å².